The molecule has 0 aliphatic heterocycles. The van der Waals surface area contributed by atoms with E-state index in [2.05, 4.69) is 31.2 Å². The molecule has 0 aliphatic carbocycles. The normalized spacial score (nSPS) is 10.1. The molecule has 18 heavy (non-hydrogen) atoms. The maximum absolute atomic E-state index is 11.9. The molecule has 1 aromatic heterocycles. The lowest BCUT2D eigenvalue weighted by Gasteiger charge is -2.07. The fourth-order valence-electron chi connectivity index (χ4n) is 1.34. The van der Waals surface area contributed by atoms with Crippen LogP contribution in [0.15, 0.2) is 35.1 Å². The van der Waals surface area contributed by atoms with E-state index in [-0.39, 0.29) is 11.6 Å². The fraction of sp³-hybridized carbons (Fsp3) is 0.0833. The lowest BCUT2D eigenvalue weighted by molar-refractivity contribution is 0.102. The Bertz CT molecular complexity index is 583. The number of carbonyl (C=O) groups is 1. The third kappa shape index (κ3) is 2.84. The van der Waals surface area contributed by atoms with Gasteiger partial charge in [-0.15, -0.1) is 0 Å². The highest BCUT2D eigenvalue weighted by atomic mass is 79.9. The Balaban J connectivity index is 2.18. The summed E-state index contributed by atoms with van der Waals surface area (Å²) in [5.41, 5.74) is 7.83. The number of halogens is 1. The van der Waals surface area contributed by atoms with E-state index in [9.17, 15) is 4.79 Å². The number of nitrogens with two attached hydrogens (primary N) is 1. The summed E-state index contributed by atoms with van der Waals surface area (Å²) in [4.78, 5) is 19.9. The van der Waals surface area contributed by atoms with E-state index in [0.717, 1.165) is 10.2 Å². The van der Waals surface area contributed by atoms with Crippen LogP contribution in [-0.4, -0.2) is 15.9 Å². The van der Waals surface area contributed by atoms with Gasteiger partial charge in [0, 0.05) is 10.7 Å². The van der Waals surface area contributed by atoms with Crippen molar-refractivity contribution in [3.05, 3.63) is 46.5 Å². The Morgan fingerprint density at radius 2 is 2.11 bits per heavy atom. The SMILES string of the molecule is Cc1cnc(C(=O)Nc2ccc(Br)cc2N)cn1. The van der Waals surface area contributed by atoms with Crippen molar-refractivity contribution in [2.45, 2.75) is 6.92 Å². The molecular formula is C12H11BrN4O. The minimum Gasteiger partial charge on any atom is -0.397 e. The van der Waals surface area contributed by atoms with Gasteiger partial charge in [-0.1, -0.05) is 15.9 Å². The third-order valence-corrected chi connectivity index (χ3v) is 2.77. The zero-order valence-corrected chi connectivity index (χ0v) is 11.2. The molecule has 0 bridgehead atoms. The minimum atomic E-state index is -0.337. The van der Waals surface area contributed by atoms with E-state index in [1.807, 2.05) is 0 Å². The summed E-state index contributed by atoms with van der Waals surface area (Å²) in [5.74, 6) is -0.337. The Morgan fingerprint density at radius 1 is 1.33 bits per heavy atom. The van der Waals surface area contributed by atoms with Gasteiger partial charge in [0.05, 0.1) is 23.3 Å². The van der Waals surface area contributed by atoms with Gasteiger partial charge in [0.2, 0.25) is 0 Å². The largest absolute Gasteiger partial charge is 0.397 e. The number of benzene rings is 1. The van der Waals surface area contributed by atoms with Gasteiger partial charge in [-0.05, 0) is 25.1 Å². The Labute approximate surface area is 113 Å². The van der Waals surface area contributed by atoms with Crippen LogP contribution in [-0.2, 0) is 0 Å². The van der Waals surface area contributed by atoms with Crippen molar-refractivity contribution in [1.82, 2.24) is 9.97 Å². The number of nitrogens with zero attached hydrogens (tertiary/aromatic N) is 2. The molecular weight excluding hydrogens is 296 g/mol. The molecule has 1 aromatic carbocycles. The van der Waals surface area contributed by atoms with Crippen LogP contribution in [0.4, 0.5) is 11.4 Å². The van der Waals surface area contributed by atoms with Crippen molar-refractivity contribution in [3.8, 4) is 0 Å². The van der Waals surface area contributed by atoms with Crippen LogP contribution >= 0.6 is 15.9 Å². The van der Waals surface area contributed by atoms with Gasteiger partial charge >= 0.3 is 0 Å². The quantitative estimate of drug-likeness (QED) is 0.835. The van der Waals surface area contributed by atoms with Gasteiger partial charge in [-0.25, -0.2) is 4.98 Å². The van der Waals surface area contributed by atoms with E-state index in [1.54, 1.807) is 31.3 Å². The highest BCUT2D eigenvalue weighted by Gasteiger charge is 2.09. The molecule has 0 atom stereocenters. The first-order chi connectivity index (χ1) is 8.56. The highest BCUT2D eigenvalue weighted by Crippen LogP contribution is 2.23. The number of rotatable bonds is 2. The zero-order valence-electron chi connectivity index (χ0n) is 9.64. The van der Waals surface area contributed by atoms with Gasteiger partial charge in [0.1, 0.15) is 5.69 Å². The Morgan fingerprint density at radius 3 is 2.72 bits per heavy atom. The number of amides is 1. The summed E-state index contributed by atoms with van der Waals surface area (Å²) in [7, 11) is 0. The fourth-order valence-corrected chi connectivity index (χ4v) is 1.72. The standard InChI is InChI=1S/C12H11BrN4O/c1-7-5-16-11(6-15-7)12(18)17-10-3-2-8(13)4-9(10)14/h2-6H,14H2,1H3,(H,17,18). The summed E-state index contributed by atoms with van der Waals surface area (Å²) in [6, 6.07) is 5.24. The average Bonchev–Trinajstić information content (AvgIpc) is 2.33. The maximum atomic E-state index is 11.9. The molecule has 0 spiro atoms. The molecule has 3 N–H and O–H groups in total. The number of carbonyl (C=O) groups excluding carboxylic acids is 1. The van der Waals surface area contributed by atoms with Crippen molar-refractivity contribution in [3.63, 3.8) is 0 Å². The van der Waals surface area contributed by atoms with Gasteiger partial charge in [0.25, 0.3) is 5.91 Å². The molecule has 2 rings (SSSR count). The molecule has 0 fully saturated rings. The summed E-state index contributed by atoms with van der Waals surface area (Å²) in [6.45, 7) is 1.81. The van der Waals surface area contributed by atoms with Crippen LogP contribution in [0.2, 0.25) is 0 Å². The first kappa shape index (κ1) is 12.5. The third-order valence-electron chi connectivity index (χ3n) is 2.28. The predicted octanol–water partition coefficient (Wildman–Crippen LogP) is 2.38. The molecule has 6 heteroatoms. The smallest absolute Gasteiger partial charge is 0.275 e. The summed E-state index contributed by atoms with van der Waals surface area (Å²) in [5, 5.41) is 2.69. The van der Waals surface area contributed by atoms with E-state index < -0.39 is 0 Å². The topological polar surface area (TPSA) is 80.9 Å². The molecule has 0 aliphatic rings. The van der Waals surface area contributed by atoms with E-state index in [4.69, 9.17) is 5.73 Å². The number of nitrogen functional groups attached to an aromatic ring is 1. The second-order valence-electron chi connectivity index (χ2n) is 3.73. The van der Waals surface area contributed by atoms with Gasteiger partial charge in [0.15, 0.2) is 0 Å². The maximum Gasteiger partial charge on any atom is 0.275 e. The molecule has 1 heterocycles. The lowest BCUT2D eigenvalue weighted by Crippen LogP contribution is -2.15. The van der Waals surface area contributed by atoms with Crippen molar-refractivity contribution in [2.24, 2.45) is 0 Å². The average molecular weight is 307 g/mol. The number of anilines is 2. The number of aryl methyl sites for hydroxylation is 1. The molecule has 0 saturated heterocycles. The van der Waals surface area contributed by atoms with Gasteiger partial charge < -0.3 is 11.1 Å². The molecule has 5 nitrogen and oxygen atoms in total. The number of aromatic nitrogens is 2. The van der Waals surface area contributed by atoms with Crippen LogP contribution in [0.5, 0.6) is 0 Å². The molecule has 92 valence electrons. The van der Waals surface area contributed by atoms with Crippen molar-refractivity contribution in [1.29, 1.82) is 0 Å². The van der Waals surface area contributed by atoms with Crippen LogP contribution in [0, 0.1) is 6.92 Å². The van der Waals surface area contributed by atoms with Crippen molar-refractivity contribution in [2.75, 3.05) is 11.1 Å². The number of hydrogen-bond acceptors (Lipinski definition) is 4. The summed E-state index contributed by atoms with van der Waals surface area (Å²) >= 11 is 3.30. The molecule has 0 radical (unpaired) electrons. The molecule has 1 amide bonds. The highest BCUT2D eigenvalue weighted by molar-refractivity contribution is 9.10. The van der Waals surface area contributed by atoms with Crippen molar-refractivity contribution < 1.29 is 4.79 Å². The minimum absolute atomic E-state index is 0.253. The number of nitrogens with one attached hydrogen (secondary N) is 1. The second-order valence-corrected chi connectivity index (χ2v) is 4.64. The van der Waals surface area contributed by atoms with Crippen LogP contribution in [0.25, 0.3) is 0 Å². The van der Waals surface area contributed by atoms with Crippen LogP contribution in [0.3, 0.4) is 0 Å². The van der Waals surface area contributed by atoms with Crippen molar-refractivity contribution >= 4 is 33.2 Å². The van der Waals surface area contributed by atoms with E-state index in [0.29, 0.717) is 11.4 Å². The first-order valence-corrected chi connectivity index (χ1v) is 6.00. The summed E-state index contributed by atoms with van der Waals surface area (Å²) in [6.07, 6.45) is 2.97. The van der Waals surface area contributed by atoms with Gasteiger partial charge in [-0.3, -0.25) is 9.78 Å². The lowest BCUT2D eigenvalue weighted by atomic mass is 10.2. The van der Waals surface area contributed by atoms with Crippen LogP contribution in [0.1, 0.15) is 16.2 Å². The Kier molecular flexibility index (Phi) is 3.57. The van der Waals surface area contributed by atoms with Gasteiger partial charge in [-0.2, -0.15) is 0 Å². The van der Waals surface area contributed by atoms with E-state index >= 15 is 0 Å². The number of hydrogen-bond donors (Lipinski definition) is 2. The first-order valence-electron chi connectivity index (χ1n) is 5.21. The molecule has 0 saturated carbocycles. The Hall–Kier alpha value is -1.95. The molecule has 2 aromatic rings. The second kappa shape index (κ2) is 5.14. The summed E-state index contributed by atoms with van der Waals surface area (Å²) < 4.78 is 0.855. The monoisotopic (exact) mass is 306 g/mol. The van der Waals surface area contributed by atoms with E-state index in [1.165, 1.54) is 6.20 Å². The zero-order chi connectivity index (χ0) is 13.1. The molecule has 0 unspecified atom stereocenters. The van der Waals surface area contributed by atoms with Crippen LogP contribution < -0.4 is 11.1 Å². The predicted molar refractivity (Wildman–Crippen MR) is 73.3 cm³/mol.